The number of aromatic nitrogens is 1. The van der Waals surface area contributed by atoms with Crippen LogP contribution in [0.2, 0.25) is 0 Å². The molecule has 7 N–H and O–H groups in total. The van der Waals surface area contributed by atoms with Crippen molar-refractivity contribution in [3.63, 3.8) is 0 Å². The van der Waals surface area contributed by atoms with Crippen molar-refractivity contribution in [3.8, 4) is 0 Å². The summed E-state index contributed by atoms with van der Waals surface area (Å²) in [5.41, 5.74) is 7.28. The largest absolute Gasteiger partial charge is 0.480 e. The summed E-state index contributed by atoms with van der Waals surface area (Å²) in [5, 5.41) is 18.7. The van der Waals surface area contributed by atoms with E-state index in [1.54, 1.807) is 6.20 Å². The highest BCUT2D eigenvalue weighted by molar-refractivity contribution is 7.98. The number of rotatable bonds is 14. The zero-order chi connectivity index (χ0) is 26.8. The van der Waals surface area contributed by atoms with Gasteiger partial charge in [-0.3, -0.25) is 14.4 Å². The summed E-state index contributed by atoms with van der Waals surface area (Å²) in [6, 6.07) is 3.69. The molecule has 0 saturated heterocycles. The second kappa shape index (κ2) is 13.9. The van der Waals surface area contributed by atoms with E-state index in [2.05, 4.69) is 20.9 Å². The number of fused-ring (bicyclic) bond motifs is 1. The number of thioether (sulfide) groups is 1. The van der Waals surface area contributed by atoms with Gasteiger partial charge in [0.1, 0.15) is 18.1 Å². The third-order valence-electron chi connectivity index (χ3n) is 6.16. The molecular formula is C25H37N5O5S. The summed E-state index contributed by atoms with van der Waals surface area (Å²) in [6.07, 6.45) is 4.60. The quantitative estimate of drug-likeness (QED) is 0.219. The number of nitrogens with one attached hydrogen (secondary N) is 4. The second-order valence-corrected chi connectivity index (χ2v) is 9.95. The van der Waals surface area contributed by atoms with E-state index < -0.39 is 47.9 Å². The number of nitrogens with two attached hydrogens (primary N) is 1. The van der Waals surface area contributed by atoms with Gasteiger partial charge in [-0.05, 0) is 42.9 Å². The van der Waals surface area contributed by atoms with Crippen molar-refractivity contribution < 1.29 is 24.3 Å². The second-order valence-electron chi connectivity index (χ2n) is 8.97. The standard InChI is InChI=1S/C25H37N5O5S/c1-5-14(2)21(30-22(31)15(3)26)24(33)28-19(10-11-36-4)23(32)29-20(25(34)35)12-16-13-27-18-9-7-6-8-17(16)18/h6-9,13-15,19-21,27H,5,10-12,26H2,1-4H3,(H,28,33)(H,29,32)(H,30,31)(H,34,35). The Hall–Kier alpha value is -3.05. The number of carboxylic acids is 1. The molecule has 0 radical (unpaired) electrons. The number of amides is 3. The third-order valence-corrected chi connectivity index (χ3v) is 6.81. The van der Waals surface area contributed by atoms with Crippen molar-refractivity contribution in [2.24, 2.45) is 11.7 Å². The maximum absolute atomic E-state index is 13.2. The van der Waals surface area contributed by atoms with Crippen LogP contribution in [0.25, 0.3) is 10.9 Å². The number of aliphatic carboxylic acids is 1. The third kappa shape index (κ3) is 7.99. The fourth-order valence-electron chi connectivity index (χ4n) is 3.75. The number of aromatic amines is 1. The summed E-state index contributed by atoms with van der Waals surface area (Å²) >= 11 is 1.50. The molecule has 2 rings (SSSR count). The maximum atomic E-state index is 13.2. The molecule has 1 heterocycles. The minimum Gasteiger partial charge on any atom is -0.480 e. The number of H-pyrrole nitrogens is 1. The monoisotopic (exact) mass is 519 g/mol. The van der Waals surface area contributed by atoms with Crippen LogP contribution >= 0.6 is 11.8 Å². The number of para-hydroxylation sites is 1. The molecule has 0 aliphatic carbocycles. The molecule has 0 spiro atoms. The van der Waals surface area contributed by atoms with Gasteiger partial charge in [-0.25, -0.2) is 4.79 Å². The molecule has 0 bridgehead atoms. The molecule has 1 aromatic carbocycles. The Kier molecular flexibility index (Phi) is 11.3. The molecule has 5 atom stereocenters. The summed E-state index contributed by atoms with van der Waals surface area (Å²) in [7, 11) is 0. The number of hydrogen-bond donors (Lipinski definition) is 6. The fraction of sp³-hybridized carbons (Fsp3) is 0.520. The number of carbonyl (C=O) groups is 4. The van der Waals surface area contributed by atoms with Crippen molar-refractivity contribution in [1.82, 2.24) is 20.9 Å². The lowest BCUT2D eigenvalue weighted by atomic mass is 9.97. The minimum atomic E-state index is -1.19. The SMILES string of the molecule is CCC(C)C(NC(=O)C(C)N)C(=O)NC(CCSC)C(=O)NC(Cc1c[nH]c2ccccc12)C(=O)O. The average molecular weight is 520 g/mol. The first kappa shape index (κ1) is 29.2. The van der Waals surface area contributed by atoms with Crippen molar-refractivity contribution in [3.05, 3.63) is 36.0 Å². The normalized spacial score (nSPS) is 15.4. The minimum absolute atomic E-state index is 0.0776. The maximum Gasteiger partial charge on any atom is 0.326 e. The van der Waals surface area contributed by atoms with Crippen LogP contribution in [0.15, 0.2) is 30.5 Å². The van der Waals surface area contributed by atoms with Crippen molar-refractivity contribution in [1.29, 1.82) is 0 Å². The molecule has 198 valence electrons. The number of hydrogen-bond acceptors (Lipinski definition) is 6. The molecule has 10 nitrogen and oxygen atoms in total. The van der Waals surface area contributed by atoms with E-state index in [0.29, 0.717) is 18.6 Å². The van der Waals surface area contributed by atoms with Crippen LogP contribution in [0.4, 0.5) is 0 Å². The highest BCUT2D eigenvalue weighted by atomic mass is 32.2. The molecule has 5 unspecified atom stereocenters. The van der Waals surface area contributed by atoms with E-state index in [1.807, 2.05) is 44.4 Å². The van der Waals surface area contributed by atoms with Crippen molar-refractivity contribution in [2.45, 2.75) is 64.2 Å². The van der Waals surface area contributed by atoms with Crippen LogP contribution < -0.4 is 21.7 Å². The zero-order valence-electron chi connectivity index (χ0n) is 21.2. The van der Waals surface area contributed by atoms with Crippen LogP contribution in [-0.2, 0) is 25.6 Å². The average Bonchev–Trinajstić information content (AvgIpc) is 3.26. The van der Waals surface area contributed by atoms with E-state index in [9.17, 15) is 24.3 Å². The summed E-state index contributed by atoms with van der Waals surface area (Å²) in [5.74, 6) is -2.38. The van der Waals surface area contributed by atoms with E-state index in [-0.39, 0.29) is 12.3 Å². The Labute approximate surface area is 215 Å². The first-order valence-electron chi connectivity index (χ1n) is 12.0. The Bertz CT molecular complexity index is 1060. The molecule has 2 aromatic rings. The topological polar surface area (TPSA) is 166 Å². The predicted molar refractivity (Wildman–Crippen MR) is 142 cm³/mol. The van der Waals surface area contributed by atoms with Gasteiger partial charge in [0.2, 0.25) is 17.7 Å². The van der Waals surface area contributed by atoms with Crippen LogP contribution in [0.5, 0.6) is 0 Å². The Morgan fingerprint density at radius 2 is 1.69 bits per heavy atom. The van der Waals surface area contributed by atoms with E-state index in [0.717, 1.165) is 16.5 Å². The number of carboxylic acid groups (broad SMARTS) is 1. The molecule has 0 saturated carbocycles. The molecule has 36 heavy (non-hydrogen) atoms. The molecule has 3 amide bonds. The molecule has 1 aromatic heterocycles. The van der Waals surface area contributed by atoms with Crippen molar-refractivity contribution in [2.75, 3.05) is 12.0 Å². The summed E-state index contributed by atoms with van der Waals surface area (Å²) in [6.45, 7) is 5.24. The van der Waals surface area contributed by atoms with Gasteiger partial charge in [0.05, 0.1) is 6.04 Å². The van der Waals surface area contributed by atoms with Crippen LogP contribution in [-0.4, -0.2) is 70.0 Å². The van der Waals surface area contributed by atoms with E-state index in [4.69, 9.17) is 5.73 Å². The Morgan fingerprint density at radius 1 is 1.03 bits per heavy atom. The zero-order valence-corrected chi connectivity index (χ0v) is 22.0. The van der Waals surface area contributed by atoms with E-state index in [1.165, 1.54) is 18.7 Å². The predicted octanol–water partition coefficient (Wildman–Crippen LogP) is 1.40. The van der Waals surface area contributed by atoms with Gasteiger partial charge in [0, 0.05) is 23.5 Å². The highest BCUT2D eigenvalue weighted by Crippen LogP contribution is 2.19. The smallest absolute Gasteiger partial charge is 0.326 e. The van der Waals surface area contributed by atoms with Crippen LogP contribution in [0, 0.1) is 5.92 Å². The Balaban J connectivity index is 2.18. The van der Waals surface area contributed by atoms with Gasteiger partial charge >= 0.3 is 5.97 Å². The summed E-state index contributed by atoms with van der Waals surface area (Å²) < 4.78 is 0. The number of benzene rings is 1. The molecular weight excluding hydrogens is 482 g/mol. The number of carbonyl (C=O) groups excluding carboxylic acids is 3. The Morgan fingerprint density at radius 3 is 2.31 bits per heavy atom. The lowest BCUT2D eigenvalue weighted by molar-refractivity contribution is -0.142. The van der Waals surface area contributed by atoms with Gasteiger partial charge in [-0.15, -0.1) is 0 Å². The lowest BCUT2D eigenvalue weighted by Crippen LogP contribution is -2.58. The van der Waals surface area contributed by atoms with Gasteiger partial charge in [0.25, 0.3) is 0 Å². The van der Waals surface area contributed by atoms with Crippen LogP contribution in [0.3, 0.4) is 0 Å². The van der Waals surface area contributed by atoms with Crippen molar-refractivity contribution >= 4 is 46.4 Å². The molecule has 0 fully saturated rings. The van der Waals surface area contributed by atoms with Gasteiger partial charge in [-0.1, -0.05) is 38.5 Å². The van der Waals surface area contributed by atoms with Gasteiger partial charge in [-0.2, -0.15) is 11.8 Å². The van der Waals surface area contributed by atoms with Gasteiger partial charge in [0.15, 0.2) is 0 Å². The highest BCUT2D eigenvalue weighted by Gasteiger charge is 2.32. The molecule has 0 aliphatic rings. The molecule has 0 aliphatic heterocycles. The van der Waals surface area contributed by atoms with E-state index >= 15 is 0 Å². The first-order chi connectivity index (χ1) is 17.1. The molecule has 11 heteroatoms. The summed E-state index contributed by atoms with van der Waals surface area (Å²) in [4.78, 5) is 53.6. The van der Waals surface area contributed by atoms with Crippen LogP contribution in [0.1, 0.15) is 39.2 Å². The lowest BCUT2D eigenvalue weighted by Gasteiger charge is -2.27. The van der Waals surface area contributed by atoms with Gasteiger partial charge < -0.3 is 31.8 Å². The first-order valence-corrected chi connectivity index (χ1v) is 13.4. The fourth-order valence-corrected chi connectivity index (χ4v) is 4.22.